The first-order valence-corrected chi connectivity index (χ1v) is 6.77. The summed E-state index contributed by atoms with van der Waals surface area (Å²) in [5.74, 6) is 4.00. The standard InChI is InChI=1S/C16H20/c1-16(2)14-9-13-11-6-4-3-5-10(11)7-8-12(13)15(14)16/h3-6,12-15H,7-9H2,1-2H3/t12-,13+,14?,15?/m0/s1. The van der Waals surface area contributed by atoms with Crippen LogP contribution in [-0.2, 0) is 6.42 Å². The highest BCUT2D eigenvalue weighted by molar-refractivity contribution is 5.37. The molecule has 0 N–H and O–H groups in total. The van der Waals surface area contributed by atoms with Gasteiger partial charge in [0.25, 0.3) is 0 Å². The second-order valence-corrected chi connectivity index (χ2v) is 6.70. The molecule has 2 saturated carbocycles. The van der Waals surface area contributed by atoms with E-state index in [-0.39, 0.29) is 0 Å². The summed E-state index contributed by atoms with van der Waals surface area (Å²) in [6.07, 6.45) is 4.25. The highest BCUT2D eigenvalue weighted by Gasteiger charge is 2.67. The van der Waals surface area contributed by atoms with Gasteiger partial charge in [0.05, 0.1) is 0 Å². The Labute approximate surface area is 98.1 Å². The summed E-state index contributed by atoms with van der Waals surface area (Å²) in [7, 11) is 0. The van der Waals surface area contributed by atoms with Gasteiger partial charge in [-0.1, -0.05) is 38.1 Å². The predicted molar refractivity (Wildman–Crippen MR) is 66.4 cm³/mol. The number of fused-ring (bicyclic) bond motifs is 5. The van der Waals surface area contributed by atoms with Gasteiger partial charge in [0.1, 0.15) is 0 Å². The number of hydrogen-bond donors (Lipinski definition) is 0. The SMILES string of the molecule is CC1(C)C2C[C@@H]3c4ccccc4CC[C@@H]3C21. The van der Waals surface area contributed by atoms with Gasteiger partial charge in [-0.15, -0.1) is 0 Å². The minimum atomic E-state index is 0.674. The summed E-state index contributed by atoms with van der Waals surface area (Å²) < 4.78 is 0. The van der Waals surface area contributed by atoms with E-state index in [0.717, 1.165) is 23.7 Å². The van der Waals surface area contributed by atoms with Gasteiger partial charge in [-0.2, -0.15) is 0 Å². The second kappa shape index (κ2) is 2.72. The summed E-state index contributed by atoms with van der Waals surface area (Å²) >= 11 is 0. The van der Waals surface area contributed by atoms with Crippen molar-refractivity contribution in [3.63, 3.8) is 0 Å². The van der Waals surface area contributed by atoms with Crippen LogP contribution in [0.1, 0.15) is 43.7 Å². The second-order valence-electron chi connectivity index (χ2n) is 6.70. The zero-order valence-electron chi connectivity index (χ0n) is 10.2. The molecule has 0 aliphatic heterocycles. The minimum Gasteiger partial charge on any atom is -0.0620 e. The molecule has 1 aromatic rings. The quantitative estimate of drug-likeness (QED) is 0.609. The molecule has 3 aliphatic rings. The summed E-state index contributed by atoms with van der Waals surface area (Å²) in [5, 5.41) is 0. The van der Waals surface area contributed by atoms with Gasteiger partial charge in [-0.05, 0) is 59.5 Å². The molecule has 4 atom stereocenters. The third kappa shape index (κ3) is 0.965. The molecule has 1 aromatic carbocycles. The maximum Gasteiger partial charge on any atom is -0.0125 e. The Kier molecular flexibility index (Phi) is 1.58. The average Bonchev–Trinajstić information content (AvgIpc) is 2.69. The van der Waals surface area contributed by atoms with Crippen LogP contribution in [0.5, 0.6) is 0 Å². The highest BCUT2D eigenvalue weighted by atomic mass is 14.7. The Hall–Kier alpha value is -0.780. The third-order valence-corrected chi connectivity index (χ3v) is 5.83. The molecule has 0 saturated heterocycles. The predicted octanol–water partition coefficient (Wildman–Crippen LogP) is 4.01. The molecule has 0 amide bonds. The fourth-order valence-corrected chi connectivity index (χ4v) is 4.97. The van der Waals surface area contributed by atoms with Crippen LogP contribution >= 0.6 is 0 Å². The maximum absolute atomic E-state index is 2.49. The van der Waals surface area contributed by atoms with Crippen LogP contribution in [0.3, 0.4) is 0 Å². The van der Waals surface area contributed by atoms with E-state index in [0.29, 0.717) is 5.41 Å². The Morgan fingerprint density at radius 3 is 2.88 bits per heavy atom. The van der Waals surface area contributed by atoms with Gasteiger partial charge in [-0.3, -0.25) is 0 Å². The first-order valence-electron chi connectivity index (χ1n) is 6.77. The number of hydrogen-bond acceptors (Lipinski definition) is 0. The minimum absolute atomic E-state index is 0.674. The molecule has 2 fully saturated rings. The largest absolute Gasteiger partial charge is 0.0620 e. The summed E-state index contributed by atoms with van der Waals surface area (Å²) in [6.45, 7) is 4.97. The number of benzene rings is 1. The number of aryl methyl sites for hydroxylation is 1. The molecule has 0 nitrogen and oxygen atoms in total. The normalized spacial score (nSPS) is 42.1. The van der Waals surface area contributed by atoms with E-state index >= 15 is 0 Å². The van der Waals surface area contributed by atoms with Crippen molar-refractivity contribution in [1.82, 2.24) is 0 Å². The zero-order valence-corrected chi connectivity index (χ0v) is 10.2. The molecule has 84 valence electrons. The van der Waals surface area contributed by atoms with Crippen LogP contribution in [-0.4, -0.2) is 0 Å². The zero-order chi connectivity index (χ0) is 10.9. The van der Waals surface area contributed by atoms with Crippen molar-refractivity contribution in [2.45, 2.75) is 39.0 Å². The number of rotatable bonds is 0. The summed E-state index contributed by atoms with van der Waals surface area (Å²) in [6, 6.07) is 9.18. The molecule has 0 heterocycles. The van der Waals surface area contributed by atoms with Gasteiger partial charge in [0.2, 0.25) is 0 Å². The lowest BCUT2D eigenvalue weighted by Crippen LogP contribution is -2.22. The molecule has 2 unspecified atom stereocenters. The van der Waals surface area contributed by atoms with E-state index in [9.17, 15) is 0 Å². The highest BCUT2D eigenvalue weighted by Crippen LogP contribution is 2.74. The van der Waals surface area contributed by atoms with Crippen molar-refractivity contribution < 1.29 is 0 Å². The summed E-state index contributed by atoms with van der Waals surface area (Å²) in [5.41, 5.74) is 4.01. The molecule has 3 aliphatic carbocycles. The van der Waals surface area contributed by atoms with E-state index in [2.05, 4.69) is 38.1 Å². The monoisotopic (exact) mass is 212 g/mol. The van der Waals surface area contributed by atoms with Crippen molar-refractivity contribution in [2.75, 3.05) is 0 Å². The lowest BCUT2D eigenvalue weighted by Gasteiger charge is -2.33. The van der Waals surface area contributed by atoms with Gasteiger partial charge in [0, 0.05) is 0 Å². The first kappa shape index (κ1) is 9.27. The topological polar surface area (TPSA) is 0 Å². The molecule has 0 aromatic heterocycles. The van der Waals surface area contributed by atoms with Gasteiger partial charge in [0.15, 0.2) is 0 Å². The van der Waals surface area contributed by atoms with E-state index < -0.39 is 0 Å². The fourth-order valence-electron chi connectivity index (χ4n) is 4.97. The Morgan fingerprint density at radius 1 is 1.19 bits per heavy atom. The van der Waals surface area contributed by atoms with Crippen LogP contribution in [0, 0.1) is 23.2 Å². The van der Waals surface area contributed by atoms with Crippen molar-refractivity contribution in [3.05, 3.63) is 35.4 Å². The third-order valence-electron chi connectivity index (χ3n) is 5.83. The van der Waals surface area contributed by atoms with Crippen LogP contribution in [0.4, 0.5) is 0 Å². The molecule has 16 heavy (non-hydrogen) atoms. The fraction of sp³-hybridized carbons (Fsp3) is 0.625. The molecular formula is C16H20. The molecule has 0 heteroatoms. The van der Waals surface area contributed by atoms with Crippen molar-refractivity contribution >= 4 is 0 Å². The smallest absolute Gasteiger partial charge is 0.0125 e. The molecule has 4 rings (SSSR count). The Balaban J connectivity index is 1.74. The molecule has 0 radical (unpaired) electrons. The lowest BCUT2D eigenvalue weighted by atomic mass is 9.72. The average molecular weight is 212 g/mol. The van der Waals surface area contributed by atoms with E-state index in [4.69, 9.17) is 0 Å². The van der Waals surface area contributed by atoms with Crippen LogP contribution in [0.2, 0.25) is 0 Å². The maximum atomic E-state index is 2.49. The Bertz CT molecular complexity index is 443. The van der Waals surface area contributed by atoms with Crippen molar-refractivity contribution in [3.8, 4) is 0 Å². The van der Waals surface area contributed by atoms with Gasteiger partial charge in [-0.25, -0.2) is 0 Å². The van der Waals surface area contributed by atoms with Crippen LogP contribution in [0.25, 0.3) is 0 Å². The van der Waals surface area contributed by atoms with Crippen LogP contribution < -0.4 is 0 Å². The van der Waals surface area contributed by atoms with E-state index in [1.165, 1.54) is 19.3 Å². The van der Waals surface area contributed by atoms with Gasteiger partial charge >= 0.3 is 0 Å². The van der Waals surface area contributed by atoms with Crippen molar-refractivity contribution in [2.24, 2.45) is 23.2 Å². The molecule has 0 spiro atoms. The van der Waals surface area contributed by atoms with E-state index in [1.807, 2.05) is 0 Å². The van der Waals surface area contributed by atoms with Crippen LogP contribution in [0.15, 0.2) is 24.3 Å². The Morgan fingerprint density at radius 2 is 2.00 bits per heavy atom. The van der Waals surface area contributed by atoms with Gasteiger partial charge < -0.3 is 0 Å². The summed E-state index contributed by atoms with van der Waals surface area (Å²) in [4.78, 5) is 0. The molecule has 0 bridgehead atoms. The molecular weight excluding hydrogens is 192 g/mol. The van der Waals surface area contributed by atoms with Crippen molar-refractivity contribution in [1.29, 1.82) is 0 Å². The van der Waals surface area contributed by atoms with E-state index in [1.54, 1.807) is 11.1 Å². The lowest BCUT2D eigenvalue weighted by molar-refractivity contribution is 0.298. The first-order chi connectivity index (χ1) is 7.69.